The Morgan fingerprint density at radius 3 is 2.60 bits per heavy atom. The third-order valence-corrected chi connectivity index (χ3v) is 7.49. The fourth-order valence-corrected chi connectivity index (χ4v) is 5.29. The SMILES string of the molecule is COc1ccc2c(c1)[C@](O)([C@@H](C)/C=C/CCO)C(=O)N2Cc1cccc(N2N=C(c3ccccc3)CCC2=O)c1. The molecule has 0 fully saturated rings. The summed E-state index contributed by atoms with van der Waals surface area (Å²) in [4.78, 5) is 28.3. The van der Waals surface area contributed by atoms with Gasteiger partial charge in [-0.1, -0.05) is 61.5 Å². The van der Waals surface area contributed by atoms with Crippen molar-refractivity contribution in [1.82, 2.24) is 0 Å². The van der Waals surface area contributed by atoms with Crippen LogP contribution in [0.15, 0.2) is 90.0 Å². The van der Waals surface area contributed by atoms with Crippen LogP contribution in [-0.4, -0.2) is 41.5 Å². The van der Waals surface area contributed by atoms with Crippen molar-refractivity contribution >= 4 is 28.9 Å². The van der Waals surface area contributed by atoms with E-state index in [-0.39, 0.29) is 19.1 Å². The minimum absolute atomic E-state index is 0.0150. The number of aliphatic hydroxyl groups is 2. The monoisotopic (exact) mass is 539 g/mol. The minimum atomic E-state index is -1.80. The molecule has 0 unspecified atom stereocenters. The van der Waals surface area contributed by atoms with E-state index < -0.39 is 17.4 Å². The average Bonchev–Trinajstić information content (AvgIpc) is 3.20. The van der Waals surface area contributed by atoms with E-state index in [0.717, 1.165) is 16.8 Å². The van der Waals surface area contributed by atoms with Crippen molar-refractivity contribution in [2.75, 3.05) is 23.6 Å². The summed E-state index contributed by atoms with van der Waals surface area (Å²) in [7, 11) is 1.54. The molecular weight excluding hydrogens is 506 g/mol. The van der Waals surface area contributed by atoms with E-state index in [1.165, 1.54) is 5.01 Å². The number of anilines is 2. The summed E-state index contributed by atoms with van der Waals surface area (Å²) in [6.45, 7) is 1.96. The highest BCUT2D eigenvalue weighted by Gasteiger charge is 2.52. The number of hydrazone groups is 1. The van der Waals surface area contributed by atoms with E-state index in [1.807, 2.05) is 54.6 Å². The molecule has 8 nitrogen and oxygen atoms in total. The van der Waals surface area contributed by atoms with Crippen LogP contribution in [0.3, 0.4) is 0 Å². The van der Waals surface area contributed by atoms with Gasteiger partial charge < -0.3 is 19.8 Å². The van der Waals surface area contributed by atoms with Crippen molar-refractivity contribution in [3.63, 3.8) is 0 Å². The molecule has 3 aromatic rings. The van der Waals surface area contributed by atoms with Crippen LogP contribution in [0, 0.1) is 5.92 Å². The molecule has 3 aromatic carbocycles. The lowest BCUT2D eigenvalue weighted by Gasteiger charge is -2.28. The number of fused-ring (bicyclic) bond motifs is 1. The summed E-state index contributed by atoms with van der Waals surface area (Å²) in [5, 5.41) is 27.1. The summed E-state index contributed by atoms with van der Waals surface area (Å²) in [5.41, 5.74) is 2.49. The fraction of sp³-hybridized carbons (Fsp3) is 0.281. The lowest BCUT2D eigenvalue weighted by atomic mass is 9.83. The van der Waals surface area contributed by atoms with Gasteiger partial charge in [-0.15, -0.1) is 0 Å². The van der Waals surface area contributed by atoms with Crippen LogP contribution < -0.4 is 14.6 Å². The van der Waals surface area contributed by atoms with E-state index in [9.17, 15) is 14.7 Å². The molecule has 2 atom stereocenters. The Balaban J connectivity index is 1.47. The largest absolute Gasteiger partial charge is 0.497 e. The topological polar surface area (TPSA) is 103 Å². The molecule has 0 saturated carbocycles. The second-order valence-corrected chi connectivity index (χ2v) is 10.1. The van der Waals surface area contributed by atoms with Crippen molar-refractivity contribution in [1.29, 1.82) is 0 Å². The molecule has 40 heavy (non-hydrogen) atoms. The zero-order valence-corrected chi connectivity index (χ0v) is 22.7. The Morgan fingerprint density at radius 2 is 1.85 bits per heavy atom. The zero-order chi connectivity index (χ0) is 28.3. The second kappa shape index (κ2) is 11.5. The zero-order valence-electron chi connectivity index (χ0n) is 22.7. The maximum absolute atomic E-state index is 13.9. The Morgan fingerprint density at radius 1 is 1.05 bits per heavy atom. The molecule has 0 saturated heterocycles. The molecule has 5 rings (SSSR count). The molecular formula is C32H33N3O5. The molecule has 2 amide bonds. The highest BCUT2D eigenvalue weighted by atomic mass is 16.5. The summed E-state index contributed by atoms with van der Waals surface area (Å²) in [6.07, 6.45) is 4.88. The van der Waals surface area contributed by atoms with Gasteiger partial charge in [0.05, 0.1) is 30.7 Å². The van der Waals surface area contributed by atoms with Crippen LogP contribution in [-0.2, 0) is 21.7 Å². The van der Waals surface area contributed by atoms with Crippen LogP contribution in [0.1, 0.15) is 42.9 Å². The van der Waals surface area contributed by atoms with Gasteiger partial charge in [0.25, 0.3) is 5.91 Å². The Labute approximate surface area is 233 Å². The van der Waals surface area contributed by atoms with Gasteiger partial charge in [0.2, 0.25) is 5.91 Å². The molecule has 2 aliphatic heterocycles. The Bertz CT molecular complexity index is 1470. The van der Waals surface area contributed by atoms with Gasteiger partial charge in [-0.2, -0.15) is 5.10 Å². The molecule has 0 aliphatic carbocycles. The summed E-state index contributed by atoms with van der Waals surface area (Å²) >= 11 is 0. The van der Waals surface area contributed by atoms with Crippen molar-refractivity contribution in [2.45, 2.75) is 38.3 Å². The van der Waals surface area contributed by atoms with E-state index in [1.54, 1.807) is 49.3 Å². The normalized spacial score (nSPS) is 19.6. The van der Waals surface area contributed by atoms with Gasteiger partial charge in [0.1, 0.15) is 5.75 Å². The highest BCUT2D eigenvalue weighted by Crippen LogP contribution is 2.47. The lowest BCUT2D eigenvalue weighted by molar-refractivity contribution is -0.139. The first-order valence-electron chi connectivity index (χ1n) is 13.4. The van der Waals surface area contributed by atoms with E-state index in [0.29, 0.717) is 42.0 Å². The maximum atomic E-state index is 13.9. The first kappa shape index (κ1) is 27.3. The van der Waals surface area contributed by atoms with Gasteiger partial charge >= 0.3 is 0 Å². The number of carbonyl (C=O) groups is 2. The van der Waals surface area contributed by atoms with E-state index in [4.69, 9.17) is 9.84 Å². The summed E-state index contributed by atoms with van der Waals surface area (Å²) in [6, 6.07) is 22.5. The molecule has 206 valence electrons. The molecule has 0 aromatic heterocycles. The van der Waals surface area contributed by atoms with E-state index in [2.05, 4.69) is 5.10 Å². The van der Waals surface area contributed by atoms with Crippen LogP contribution in [0.2, 0.25) is 0 Å². The van der Waals surface area contributed by atoms with Crippen LogP contribution in [0.25, 0.3) is 0 Å². The second-order valence-electron chi connectivity index (χ2n) is 10.1. The van der Waals surface area contributed by atoms with Gasteiger partial charge in [-0.25, -0.2) is 5.01 Å². The van der Waals surface area contributed by atoms with E-state index >= 15 is 0 Å². The molecule has 8 heteroatoms. The number of carbonyl (C=O) groups excluding carboxylic acids is 2. The molecule has 2 heterocycles. The number of aliphatic hydroxyl groups excluding tert-OH is 1. The first-order valence-corrected chi connectivity index (χ1v) is 13.4. The highest BCUT2D eigenvalue weighted by molar-refractivity contribution is 6.09. The van der Waals surface area contributed by atoms with Crippen LogP contribution in [0.4, 0.5) is 11.4 Å². The van der Waals surface area contributed by atoms with Crippen LogP contribution in [0.5, 0.6) is 5.75 Å². The Kier molecular flexibility index (Phi) is 7.82. The van der Waals surface area contributed by atoms with Gasteiger partial charge in [0, 0.05) is 30.9 Å². The smallest absolute Gasteiger partial charge is 0.264 e. The third-order valence-electron chi connectivity index (χ3n) is 7.49. The number of hydrogen-bond acceptors (Lipinski definition) is 6. The molecule has 2 N–H and O–H groups in total. The first-order chi connectivity index (χ1) is 19.4. The van der Waals surface area contributed by atoms with Gasteiger partial charge in [-0.3, -0.25) is 9.59 Å². The predicted octanol–water partition coefficient (Wildman–Crippen LogP) is 4.54. The van der Waals surface area contributed by atoms with Crippen molar-refractivity contribution in [3.05, 3.63) is 102 Å². The fourth-order valence-electron chi connectivity index (χ4n) is 5.29. The molecule has 0 radical (unpaired) electrons. The standard InChI is InChI=1S/C32H33N3O5/c1-22(9-6-7-18-36)32(39)27-20-26(40-2)14-16-29(27)34(31(32)38)21-23-10-8-13-25(19-23)35-30(37)17-15-28(33-35)24-11-4-3-5-12-24/h3-6,8-14,16,19-20,22,36,39H,7,15,17-18,21H2,1-2H3/b9-6+/t22-,32+/m0/s1. The Hall–Kier alpha value is -4.27. The minimum Gasteiger partial charge on any atom is -0.497 e. The number of nitrogens with zero attached hydrogens (tertiary/aromatic N) is 3. The lowest BCUT2D eigenvalue weighted by Crippen LogP contribution is -2.44. The number of benzene rings is 3. The van der Waals surface area contributed by atoms with Gasteiger partial charge in [0.15, 0.2) is 5.60 Å². The molecule has 2 aliphatic rings. The van der Waals surface area contributed by atoms with Crippen molar-refractivity contribution in [2.24, 2.45) is 11.0 Å². The number of methoxy groups -OCH3 is 1. The molecule has 0 bridgehead atoms. The number of rotatable bonds is 9. The number of ether oxygens (including phenoxy) is 1. The quantitative estimate of drug-likeness (QED) is 0.389. The summed E-state index contributed by atoms with van der Waals surface area (Å²) in [5.74, 6) is -0.549. The van der Waals surface area contributed by atoms with Crippen molar-refractivity contribution < 1.29 is 24.5 Å². The average molecular weight is 540 g/mol. The van der Waals surface area contributed by atoms with Crippen LogP contribution >= 0.6 is 0 Å². The maximum Gasteiger partial charge on any atom is 0.264 e. The van der Waals surface area contributed by atoms with Gasteiger partial charge in [-0.05, 0) is 47.9 Å². The molecule has 0 spiro atoms. The third kappa shape index (κ3) is 5.03. The predicted molar refractivity (Wildman–Crippen MR) is 154 cm³/mol. The number of amides is 2. The number of hydrogen-bond donors (Lipinski definition) is 2. The van der Waals surface area contributed by atoms with Crippen molar-refractivity contribution in [3.8, 4) is 5.75 Å². The summed E-state index contributed by atoms with van der Waals surface area (Å²) < 4.78 is 5.39.